The number of carbonyl (C=O) groups excluding carboxylic acids is 1. The van der Waals surface area contributed by atoms with Gasteiger partial charge in [-0.2, -0.15) is 0 Å². The highest BCUT2D eigenvalue weighted by Crippen LogP contribution is 2.70. The van der Waals surface area contributed by atoms with Gasteiger partial charge in [-0.1, -0.05) is 32.0 Å². The smallest absolute Gasteiger partial charge is 0.229 e. The van der Waals surface area contributed by atoms with Gasteiger partial charge in [0.25, 0.3) is 0 Å². The zero-order chi connectivity index (χ0) is 15.7. The summed E-state index contributed by atoms with van der Waals surface area (Å²) in [5.74, 6) is 0.653. The van der Waals surface area contributed by atoms with Gasteiger partial charge in [0.15, 0.2) is 0 Å². The Kier molecular flexibility index (Phi) is 4.74. The van der Waals surface area contributed by atoms with Crippen molar-refractivity contribution in [2.24, 2.45) is 11.3 Å². The lowest BCUT2D eigenvalue weighted by Gasteiger charge is -2.20. The Morgan fingerprint density at radius 1 is 1.38 bits per heavy atom. The first kappa shape index (κ1) is 16.4. The SMILES string of the molecule is CC[C@@]1(C(=O)N[C@@H](C)COc2ccccc2)[C@H](C)C1(Cl)Cl. The Hall–Kier alpha value is -0.930. The number of hydrogen-bond donors (Lipinski definition) is 1. The number of amides is 1. The molecule has 5 heteroatoms. The van der Waals surface area contributed by atoms with Crippen LogP contribution in [0.25, 0.3) is 0 Å². The van der Waals surface area contributed by atoms with Crippen molar-refractivity contribution in [3.05, 3.63) is 30.3 Å². The first-order valence-corrected chi connectivity index (χ1v) is 7.98. The molecule has 3 atom stereocenters. The van der Waals surface area contributed by atoms with Gasteiger partial charge in [0.05, 0.1) is 11.5 Å². The molecule has 1 saturated carbocycles. The molecule has 1 aliphatic carbocycles. The third-order valence-corrected chi connectivity index (χ3v) is 5.71. The number of benzene rings is 1. The van der Waals surface area contributed by atoms with E-state index >= 15 is 0 Å². The molecule has 0 unspecified atom stereocenters. The van der Waals surface area contributed by atoms with E-state index in [0.29, 0.717) is 13.0 Å². The second-order valence-electron chi connectivity index (χ2n) is 5.67. The van der Waals surface area contributed by atoms with Crippen molar-refractivity contribution in [3.63, 3.8) is 0 Å². The highest BCUT2D eigenvalue weighted by Gasteiger charge is 2.76. The molecule has 0 aliphatic heterocycles. The van der Waals surface area contributed by atoms with Crippen LogP contribution in [0.4, 0.5) is 0 Å². The normalized spacial score (nSPS) is 27.8. The molecular formula is C16H21Cl2NO2. The van der Waals surface area contributed by atoms with Gasteiger partial charge >= 0.3 is 0 Å². The van der Waals surface area contributed by atoms with Gasteiger partial charge in [0, 0.05) is 5.92 Å². The third-order valence-electron chi connectivity index (χ3n) is 4.38. The molecule has 21 heavy (non-hydrogen) atoms. The summed E-state index contributed by atoms with van der Waals surface area (Å²) < 4.78 is 4.67. The molecule has 0 saturated heterocycles. The Bertz CT molecular complexity index is 506. The summed E-state index contributed by atoms with van der Waals surface area (Å²) in [4.78, 5) is 12.5. The largest absolute Gasteiger partial charge is 0.491 e. The first-order valence-electron chi connectivity index (χ1n) is 7.23. The molecule has 1 aromatic carbocycles. The van der Waals surface area contributed by atoms with Crippen LogP contribution in [0.15, 0.2) is 30.3 Å². The molecule has 0 radical (unpaired) electrons. The number of hydrogen-bond acceptors (Lipinski definition) is 2. The molecule has 0 bridgehead atoms. The number of halogens is 2. The van der Waals surface area contributed by atoms with Gasteiger partial charge in [-0.25, -0.2) is 0 Å². The van der Waals surface area contributed by atoms with Crippen LogP contribution in [0, 0.1) is 11.3 Å². The van der Waals surface area contributed by atoms with Crippen molar-refractivity contribution in [1.29, 1.82) is 0 Å². The minimum absolute atomic E-state index is 0.0411. The zero-order valence-electron chi connectivity index (χ0n) is 12.5. The maximum atomic E-state index is 12.5. The highest BCUT2D eigenvalue weighted by molar-refractivity contribution is 6.53. The lowest BCUT2D eigenvalue weighted by Crippen LogP contribution is -2.43. The number of carbonyl (C=O) groups is 1. The van der Waals surface area contributed by atoms with Crippen LogP contribution < -0.4 is 10.1 Å². The van der Waals surface area contributed by atoms with E-state index in [1.807, 2.05) is 51.1 Å². The van der Waals surface area contributed by atoms with E-state index in [9.17, 15) is 4.79 Å². The van der Waals surface area contributed by atoms with Gasteiger partial charge in [-0.05, 0) is 25.5 Å². The molecular weight excluding hydrogens is 309 g/mol. The van der Waals surface area contributed by atoms with Crippen LogP contribution in [0.2, 0.25) is 0 Å². The van der Waals surface area contributed by atoms with Crippen molar-refractivity contribution >= 4 is 29.1 Å². The number of para-hydroxylation sites is 1. The summed E-state index contributed by atoms with van der Waals surface area (Å²) in [7, 11) is 0. The summed E-state index contributed by atoms with van der Waals surface area (Å²) >= 11 is 12.5. The maximum Gasteiger partial charge on any atom is 0.229 e. The van der Waals surface area contributed by atoms with Gasteiger partial charge in [-0.15, -0.1) is 23.2 Å². The monoisotopic (exact) mass is 329 g/mol. The molecule has 0 aromatic heterocycles. The van der Waals surface area contributed by atoms with Crippen molar-refractivity contribution < 1.29 is 9.53 Å². The lowest BCUT2D eigenvalue weighted by molar-refractivity contribution is -0.127. The quantitative estimate of drug-likeness (QED) is 0.806. The Morgan fingerprint density at radius 2 is 1.95 bits per heavy atom. The van der Waals surface area contributed by atoms with E-state index in [4.69, 9.17) is 27.9 Å². The molecule has 0 heterocycles. The number of nitrogens with one attached hydrogen (secondary N) is 1. The Labute approximate surface area is 136 Å². The van der Waals surface area contributed by atoms with Crippen LogP contribution in [-0.4, -0.2) is 22.9 Å². The van der Waals surface area contributed by atoms with Crippen molar-refractivity contribution in [2.45, 2.75) is 37.6 Å². The minimum Gasteiger partial charge on any atom is -0.491 e. The van der Waals surface area contributed by atoms with E-state index in [2.05, 4.69) is 5.32 Å². The van der Waals surface area contributed by atoms with E-state index in [1.165, 1.54) is 0 Å². The van der Waals surface area contributed by atoms with Crippen LogP contribution in [-0.2, 0) is 4.79 Å². The standard InChI is InChI=1S/C16H21Cl2NO2/c1-4-15(12(3)16(15,17)18)14(20)19-11(2)10-21-13-8-6-5-7-9-13/h5-9,11-12H,4,10H2,1-3H3,(H,19,20)/t11-,12-,15-/m0/s1. The summed E-state index contributed by atoms with van der Waals surface area (Å²) in [5.41, 5.74) is -0.683. The van der Waals surface area contributed by atoms with E-state index in [-0.39, 0.29) is 17.9 Å². The fourth-order valence-corrected chi connectivity index (χ4v) is 3.85. The average molecular weight is 330 g/mol. The van der Waals surface area contributed by atoms with Gasteiger partial charge < -0.3 is 10.1 Å². The molecule has 1 fully saturated rings. The van der Waals surface area contributed by atoms with E-state index in [1.54, 1.807) is 0 Å². The first-order chi connectivity index (χ1) is 9.86. The lowest BCUT2D eigenvalue weighted by atomic mass is 9.99. The molecule has 1 N–H and O–H groups in total. The van der Waals surface area contributed by atoms with Crippen molar-refractivity contribution in [1.82, 2.24) is 5.32 Å². The number of alkyl halides is 2. The summed E-state index contributed by atoms with van der Waals surface area (Å²) in [6.07, 6.45) is 0.624. The highest BCUT2D eigenvalue weighted by atomic mass is 35.5. The van der Waals surface area contributed by atoms with E-state index in [0.717, 1.165) is 5.75 Å². The summed E-state index contributed by atoms with van der Waals surface area (Å²) in [6.45, 7) is 6.16. The molecule has 0 spiro atoms. The molecule has 2 rings (SSSR count). The van der Waals surface area contributed by atoms with Gasteiger partial charge in [-0.3, -0.25) is 4.79 Å². The predicted octanol–water partition coefficient (Wildman–Crippen LogP) is 3.79. The second kappa shape index (κ2) is 6.05. The molecule has 1 aromatic rings. The molecule has 116 valence electrons. The number of ether oxygens (including phenoxy) is 1. The van der Waals surface area contributed by atoms with Crippen molar-refractivity contribution in [2.75, 3.05) is 6.61 Å². The fraction of sp³-hybridized carbons (Fsp3) is 0.562. The van der Waals surface area contributed by atoms with Gasteiger partial charge in [0.1, 0.15) is 16.7 Å². The van der Waals surface area contributed by atoms with Crippen LogP contribution in [0.5, 0.6) is 5.75 Å². The fourth-order valence-electron chi connectivity index (χ4n) is 2.82. The average Bonchev–Trinajstić information content (AvgIpc) is 2.91. The second-order valence-corrected chi connectivity index (χ2v) is 7.05. The summed E-state index contributed by atoms with van der Waals surface area (Å²) in [5, 5.41) is 2.96. The van der Waals surface area contributed by atoms with Crippen LogP contribution >= 0.6 is 23.2 Å². The summed E-state index contributed by atoms with van der Waals surface area (Å²) in [6, 6.07) is 9.40. The zero-order valence-corrected chi connectivity index (χ0v) is 14.0. The number of rotatable bonds is 6. The molecule has 3 nitrogen and oxygen atoms in total. The van der Waals surface area contributed by atoms with Crippen LogP contribution in [0.3, 0.4) is 0 Å². The Morgan fingerprint density at radius 3 is 2.43 bits per heavy atom. The third kappa shape index (κ3) is 2.86. The minimum atomic E-state index is -0.966. The Balaban J connectivity index is 1.88. The van der Waals surface area contributed by atoms with Crippen LogP contribution in [0.1, 0.15) is 27.2 Å². The molecule has 1 amide bonds. The predicted molar refractivity (Wildman–Crippen MR) is 85.9 cm³/mol. The van der Waals surface area contributed by atoms with Crippen molar-refractivity contribution in [3.8, 4) is 5.75 Å². The van der Waals surface area contributed by atoms with E-state index < -0.39 is 9.75 Å². The molecule has 1 aliphatic rings. The maximum absolute atomic E-state index is 12.5. The topological polar surface area (TPSA) is 38.3 Å². The van der Waals surface area contributed by atoms with Gasteiger partial charge in [0.2, 0.25) is 5.91 Å².